The lowest BCUT2D eigenvalue weighted by molar-refractivity contribution is -0.0554. The van der Waals surface area contributed by atoms with E-state index in [0.29, 0.717) is 37.0 Å². The molecular formula is C27H44O4. The molecule has 0 aliphatic heterocycles. The highest BCUT2D eigenvalue weighted by Gasteiger charge is 2.50. The fourth-order valence-corrected chi connectivity index (χ4v) is 6.65. The summed E-state index contributed by atoms with van der Waals surface area (Å²) in [6, 6.07) is 0. The van der Waals surface area contributed by atoms with Gasteiger partial charge in [0.25, 0.3) is 0 Å². The van der Waals surface area contributed by atoms with E-state index >= 15 is 0 Å². The molecule has 31 heavy (non-hydrogen) atoms. The molecule has 3 saturated carbocycles. The molecule has 0 heterocycles. The molecule has 176 valence electrons. The third kappa shape index (κ3) is 5.35. The molecule has 3 fully saturated rings. The summed E-state index contributed by atoms with van der Waals surface area (Å²) < 4.78 is 0. The molecular weight excluding hydrogens is 388 g/mol. The molecule has 0 spiro atoms. The van der Waals surface area contributed by atoms with Crippen molar-refractivity contribution >= 4 is 0 Å². The van der Waals surface area contributed by atoms with Gasteiger partial charge in [0.05, 0.1) is 23.9 Å². The van der Waals surface area contributed by atoms with Crippen molar-refractivity contribution in [3.8, 4) is 0 Å². The van der Waals surface area contributed by atoms with E-state index in [1.165, 1.54) is 31.3 Å². The van der Waals surface area contributed by atoms with Crippen LogP contribution in [0.25, 0.3) is 0 Å². The van der Waals surface area contributed by atoms with E-state index in [0.717, 1.165) is 24.0 Å². The van der Waals surface area contributed by atoms with Crippen LogP contribution in [0.15, 0.2) is 35.5 Å². The monoisotopic (exact) mass is 432 g/mol. The number of allylic oxidation sites excluding steroid dienone is 3. The second-order valence-electron chi connectivity index (χ2n) is 11.4. The Bertz CT molecular complexity index is 715. The number of aliphatic hydroxyl groups excluding tert-OH is 3. The number of rotatable bonds is 6. The Balaban J connectivity index is 1.71. The molecule has 7 atom stereocenters. The first kappa shape index (κ1) is 24.7. The molecule has 0 saturated heterocycles. The first-order valence-electron chi connectivity index (χ1n) is 12.3. The summed E-state index contributed by atoms with van der Waals surface area (Å²) in [4.78, 5) is 0. The van der Waals surface area contributed by atoms with Gasteiger partial charge in [-0.3, -0.25) is 0 Å². The Morgan fingerprint density at radius 3 is 2.58 bits per heavy atom. The van der Waals surface area contributed by atoms with Crippen LogP contribution in [0.5, 0.6) is 0 Å². The van der Waals surface area contributed by atoms with Crippen molar-refractivity contribution in [2.75, 3.05) is 0 Å². The van der Waals surface area contributed by atoms with E-state index in [2.05, 4.69) is 32.6 Å². The highest BCUT2D eigenvalue weighted by molar-refractivity contribution is 5.38. The molecule has 0 amide bonds. The highest BCUT2D eigenvalue weighted by Crippen LogP contribution is 2.60. The van der Waals surface area contributed by atoms with Gasteiger partial charge in [0.15, 0.2) is 0 Å². The Hall–Kier alpha value is -0.940. The third-order valence-corrected chi connectivity index (χ3v) is 8.70. The van der Waals surface area contributed by atoms with Crippen molar-refractivity contribution in [1.29, 1.82) is 0 Å². The first-order valence-corrected chi connectivity index (χ1v) is 12.3. The highest BCUT2D eigenvalue weighted by atomic mass is 16.3. The zero-order valence-electron chi connectivity index (χ0n) is 20.0. The van der Waals surface area contributed by atoms with Crippen molar-refractivity contribution in [3.63, 3.8) is 0 Å². The van der Waals surface area contributed by atoms with E-state index in [1.807, 2.05) is 0 Å². The number of aliphatic hydroxyl groups is 4. The summed E-state index contributed by atoms with van der Waals surface area (Å²) >= 11 is 0. The lowest BCUT2D eigenvalue weighted by Gasteiger charge is -2.44. The fourth-order valence-electron chi connectivity index (χ4n) is 6.65. The summed E-state index contributed by atoms with van der Waals surface area (Å²) in [5.74, 6) is 1.74. The molecule has 4 N–H and O–H groups in total. The van der Waals surface area contributed by atoms with E-state index in [4.69, 9.17) is 0 Å². The summed E-state index contributed by atoms with van der Waals surface area (Å²) in [6.45, 7) is 12.2. The Morgan fingerprint density at radius 2 is 1.90 bits per heavy atom. The van der Waals surface area contributed by atoms with Crippen LogP contribution in [0, 0.1) is 23.2 Å². The summed E-state index contributed by atoms with van der Waals surface area (Å²) in [5, 5.41) is 40.5. The average Bonchev–Trinajstić information content (AvgIpc) is 3.04. The minimum absolute atomic E-state index is 0.282. The van der Waals surface area contributed by atoms with Crippen molar-refractivity contribution in [2.24, 2.45) is 23.2 Å². The van der Waals surface area contributed by atoms with E-state index in [1.54, 1.807) is 13.8 Å². The molecule has 0 radical (unpaired) electrons. The Labute approximate surface area is 188 Å². The maximum Gasteiger partial charge on any atom is 0.0849 e. The van der Waals surface area contributed by atoms with Gasteiger partial charge in [-0.2, -0.15) is 0 Å². The Kier molecular flexibility index (Phi) is 7.57. The van der Waals surface area contributed by atoms with E-state index < -0.39 is 23.9 Å². The standard InChI is InChI=1S/C27H44O4/c1-17(8-13-25(30)26(3,4)31)22-11-12-23-19(7-6-14-27(22,23)5)9-10-20-15-21(28)16-24(29)18(20)2/h9-10,17,21-25,28-31H,2,6-8,11-16H2,1,3-5H3/t17-,21-,22-,23?,24?,25?,27-/m1/s1. The normalized spacial score (nSPS) is 39.0. The quantitative estimate of drug-likeness (QED) is 0.491. The second-order valence-corrected chi connectivity index (χ2v) is 11.4. The van der Waals surface area contributed by atoms with Crippen LogP contribution in [0.1, 0.15) is 85.5 Å². The molecule has 3 unspecified atom stereocenters. The minimum atomic E-state index is -1.04. The molecule has 0 bridgehead atoms. The first-order chi connectivity index (χ1) is 14.4. The van der Waals surface area contributed by atoms with Gasteiger partial charge in [0.2, 0.25) is 0 Å². The summed E-state index contributed by atoms with van der Waals surface area (Å²) in [7, 11) is 0. The van der Waals surface area contributed by atoms with Crippen LogP contribution in [-0.4, -0.2) is 44.3 Å². The largest absolute Gasteiger partial charge is 0.393 e. The molecule has 3 aliphatic carbocycles. The maximum atomic E-state index is 10.3. The zero-order chi connectivity index (χ0) is 23.0. The topological polar surface area (TPSA) is 80.9 Å². The molecule has 4 heteroatoms. The molecule has 0 aromatic carbocycles. The van der Waals surface area contributed by atoms with Crippen molar-refractivity contribution in [3.05, 3.63) is 35.5 Å². The van der Waals surface area contributed by atoms with Gasteiger partial charge >= 0.3 is 0 Å². The fraction of sp³-hybridized carbons (Fsp3) is 0.778. The van der Waals surface area contributed by atoms with Gasteiger partial charge in [-0.15, -0.1) is 0 Å². The van der Waals surface area contributed by atoms with Gasteiger partial charge in [0.1, 0.15) is 0 Å². The minimum Gasteiger partial charge on any atom is -0.393 e. The summed E-state index contributed by atoms with van der Waals surface area (Å²) in [5.41, 5.74) is 2.48. The van der Waals surface area contributed by atoms with Gasteiger partial charge in [0, 0.05) is 6.42 Å². The van der Waals surface area contributed by atoms with Gasteiger partial charge in [-0.25, -0.2) is 0 Å². The molecule has 3 aliphatic rings. The average molecular weight is 433 g/mol. The summed E-state index contributed by atoms with van der Waals surface area (Å²) in [6.07, 6.45) is 11.1. The van der Waals surface area contributed by atoms with Crippen molar-refractivity contribution < 1.29 is 20.4 Å². The number of fused-ring (bicyclic) bond motifs is 1. The van der Waals surface area contributed by atoms with Crippen LogP contribution in [0.2, 0.25) is 0 Å². The van der Waals surface area contributed by atoms with E-state index in [-0.39, 0.29) is 5.41 Å². The SMILES string of the molecule is C=C1C(=CC=C2CCC[C@@]3(C)C2CC[C@@H]3[C@H](C)CCC(O)C(C)(C)O)C[C@@H](O)CC1O. The van der Waals surface area contributed by atoms with Crippen molar-refractivity contribution in [2.45, 2.75) is 109 Å². The predicted molar refractivity (Wildman–Crippen MR) is 125 cm³/mol. The molecule has 0 aromatic rings. The van der Waals surface area contributed by atoms with Crippen LogP contribution in [0.3, 0.4) is 0 Å². The smallest absolute Gasteiger partial charge is 0.0849 e. The third-order valence-electron chi connectivity index (χ3n) is 8.70. The lowest BCUT2D eigenvalue weighted by atomic mass is 9.60. The maximum absolute atomic E-state index is 10.3. The predicted octanol–water partition coefficient (Wildman–Crippen LogP) is 4.68. The Morgan fingerprint density at radius 1 is 1.19 bits per heavy atom. The van der Waals surface area contributed by atoms with E-state index in [9.17, 15) is 20.4 Å². The van der Waals surface area contributed by atoms with Gasteiger partial charge in [-0.05, 0) is 99.5 Å². The van der Waals surface area contributed by atoms with Crippen LogP contribution >= 0.6 is 0 Å². The lowest BCUT2D eigenvalue weighted by Crippen LogP contribution is -2.38. The zero-order valence-corrected chi connectivity index (χ0v) is 20.0. The second kappa shape index (κ2) is 9.51. The van der Waals surface area contributed by atoms with Crippen LogP contribution < -0.4 is 0 Å². The van der Waals surface area contributed by atoms with Crippen molar-refractivity contribution in [1.82, 2.24) is 0 Å². The molecule has 3 rings (SSSR count). The van der Waals surface area contributed by atoms with Gasteiger partial charge in [-0.1, -0.05) is 38.2 Å². The van der Waals surface area contributed by atoms with Crippen LogP contribution in [0.4, 0.5) is 0 Å². The molecule has 0 aromatic heterocycles. The number of hydrogen-bond acceptors (Lipinski definition) is 4. The molecule has 4 nitrogen and oxygen atoms in total. The van der Waals surface area contributed by atoms with Gasteiger partial charge < -0.3 is 20.4 Å². The number of hydrogen-bond donors (Lipinski definition) is 4. The van der Waals surface area contributed by atoms with Crippen LogP contribution in [-0.2, 0) is 0 Å².